The predicted octanol–water partition coefficient (Wildman–Crippen LogP) is 5.14. The van der Waals surface area contributed by atoms with Crippen molar-refractivity contribution in [3.8, 4) is 6.07 Å². The average molecular weight is 416 g/mol. The highest BCUT2D eigenvalue weighted by molar-refractivity contribution is 7.99. The maximum absolute atomic E-state index is 12.7. The van der Waals surface area contributed by atoms with Crippen LogP contribution in [0.4, 0.5) is 5.69 Å². The maximum atomic E-state index is 12.7. The van der Waals surface area contributed by atoms with Crippen molar-refractivity contribution in [1.82, 2.24) is 5.32 Å². The fourth-order valence-electron chi connectivity index (χ4n) is 3.06. The number of amides is 1. The van der Waals surface area contributed by atoms with E-state index in [1.807, 2.05) is 56.6 Å². The number of hydrogen-bond donors (Lipinski definition) is 1. The van der Waals surface area contributed by atoms with Crippen LogP contribution in [0.15, 0.2) is 82.6 Å². The van der Waals surface area contributed by atoms with Crippen LogP contribution in [0.1, 0.15) is 27.9 Å². The fourth-order valence-corrected chi connectivity index (χ4v) is 4.08. The first-order valence-corrected chi connectivity index (χ1v) is 10.7. The molecule has 0 spiro atoms. The molecule has 1 amide bonds. The Bertz CT molecular complexity index is 1040. The first-order chi connectivity index (χ1) is 14.6. The topological polar surface area (TPSA) is 56.1 Å². The normalized spacial score (nSPS) is 10.3. The number of carbonyl (C=O) groups is 1. The van der Waals surface area contributed by atoms with E-state index in [9.17, 15) is 10.1 Å². The van der Waals surface area contributed by atoms with Crippen LogP contribution in [0.3, 0.4) is 0 Å². The minimum Gasteiger partial charge on any atom is -0.378 e. The second kappa shape index (κ2) is 10.5. The molecule has 0 aliphatic carbocycles. The molecule has 152 valence electrons. The molecule has 5 heteroatoms. The standard InChI is InChI=1S/C25H25N3OS/c1-28(2)21-15-13-19(14-16-21)8-7-17-27-25(29)22-10-4-6-12-24(22)30-23-11-5-3-9-20(23)18-26/h3-6,9-16H,7-8,17H2,1-2H3,(H,27,29). The van der Waals surface area contributed by atoms with Crippen LogP contribution < -0.4 is 10.2 Å². The molecule has 0 heterocycles. The summed E-state index contributed by atoms with van der Waals surface area (Å²) >= 11 is 1.45. The monoisotopic (exact) mass is 415 g/mol. The van der Waals surface area contributed by atoms with Gasteiger partial charge in [-0.15, -0.1) is 0 Å². The molecule has 30 heavy (non-hydrogen) atoms. The summed E-state index contributed by atoms with van der Waals surface area (Å²) in [5.74, 6) is -0.0875. The molecule has 0 unspecified atom stereocenters. The van der Waals surface area contributed by atoms with Crippen LogP contribution in [0.5, 0.6) is 0 Å². The number of nitrogens with zero attached hydrogens (tertiary/aromatic N) is 2. The van der Waals surface area contributed by atoms with Gasteiger partial charge in [-0.25, -0.2) is 0 Å². The van der Waals surface area contributed by atoms with Crippen LogP contribution in [0.25, 0.3) is 0 Å². The third-order valence-electron chi connectivity index (χ3n) is 4.74. The molecule has 1 N–H and O–H groups in total. The van der Waals surface area contributed by atoms with Crippen LogP contribution in [-0.4, -0.2) is 26.5 Å². The summed E-state index contributed by atoms with van der Waals surface area (Å²) in [5, 5.41) is 12.3. The van der Waals surface area contributed by atoms with E-state index in [0.717, 1.165) is 22.6 Å². The first kappa shape index (κ1) is 21.5. The average Bonchev–Trinajstić information content (AvgIpc) is 2.77. The van der Waals surface area contributed by atoms with Crippen molar-refractivity contribution in [1.29, 1.82) is 5.26 Å². The van der Waals surface area contributed by atoms with Crippen molar-refractivity contribution in [2.75, 3.05) is 25.5 Å². The lowest BCUT2D eigenvalue weighted by atomic mass is 10.1. The van der Waals surface area contributed by atoms with Gasteiger partial charge in [0.1, 0.15) is 6.07 Å². The number of hydrogen-bond acceptors (Lipinski definition) is 4. The van der Waals surface area contributed by atoms with Gasteiger partial charge in [0.15, 0.2) is 0 Å². The van der Waals surface area contributed by atoms with E-state index in [1.165, 1.54) is 23.0 Å². The van der Waals surface area contributed by atoms with Gasteiger partial charge in [-0.3, -0.25) is 4.79 Å². The lowest BCUT2D eigenvalue weighted by molar-refractivity contribution is 0.0950. The van der Waals surface area contributed by atoms with Gasteiger partial charge in [-0.1, -0.05) is 48.2 Å². The van der Waals surface area contributed by atoms with Gasteiger partial charge in [0, 0.05) is 36.1 Å². The van der Waals surface area contributed by atoms with Crippen molar-refractivity contribution in [3.05, 3.63) is 89.5 Å². The summed E-state index contributed by atoms with van der Waals surface area (Å²) < 4.78 is 0. The predicted molar refractivity (Wildman–Crippen MR) is 123 cm³/mol. The van der Waals surface area contributed by atoms with Crippen molar-refractivity contribution in [2.45, 2.75) is 22.6 Å². The van der Waals surface area contributed by atoms with Gasteiger partial charge >= 0.3 is 0 Å². The van der Waals surface area contributed by atoms with Crippen molar-refractivity contribution in [3.63, 3.8) is 0 Å². The molecule has 0 saturated carbocycles. The lowest BCUT2D eigenvalue weighted by Gasteiger charge is -2.13. The van der Waals surface area contributed by atoms with E-state index in [2.05, 4.69) is 40.6 Å². The molecule has 0 bridgehead atoms. The molecule has 4 nitrogen and oxygen atoms in total. The molecule has 3 rings (SSSR count). The third kappa shape index (κ3) is 5.65. The molecular formula is C25H25N3OS. The summed E-state index contributed by atoms with van der Waals surface area (Å²) in [4.78, 5) is 16.5. The second-order valence-electron chi connectivity index (χ2n) is 7.13. The highest BCUT2D eigenvalue weighted by Gasteiger charge is 2.13. The van der Waals surface area contributed by atoms with E-state index >= 15 is 0 Å². The van der Waals surface area contributed by atoms with Crippen molar-refractivity contribution >= 4 is 23.4 Å². The van der Waals surface area contributed by atoms with E-state index in [-0.39, 0.29) is 5.91 Å². The Balaban J connectivity index is 1.57. The number of anilines is 1. The molecule has 0 aliphatic rings. The molecule has 0 atom stereocenters. The number of benzene rings is 3. The van der Waals surface area contributed by atoms with E-state index in [0.29, 0.717) is 17.7 Å². The molecule has 0 saturated heterocycles. The zero-order chi connectivity index (χ0) is 21.3. The smallest absolute Gasteiger partial charge is 0.252 e. The molecule has 3 aromatic carbocycles. The third-order valence-corrected chi connectivity index (χ3v) is 5.89. The van der Waals surface area contributed by atoms with Gasteiger partial charge < -0.3 is 10.2 Å². The first-order valence-electron chi connectivity index (χ1n) is 9.89. The Labute approximate surface area is 182 Å². The molecule has 0 aliphatic heterocycles. The summed E-state index contributed by atoms with van der Waals surface area (Å²) in [7, 11) is 4.05. The van der Waals surface area contributed by atoms with E-state index in [4.69, 9.17) is 0 Å². The second-order valence-corrected chi connectivity index (χ2v) is 8.21. The summed E-state index contributed by atoms with van der Waals surface area (Å²) in [6.07, 6.45) is 1.79. The molecule has 0 aromatic heterocycles. The molecule has 0 fully saturated rings. The van der Waals surface area contributed by atoms with Crippen LogP contribution in [0, 0.1) is 11.3 Å². The SMILES string of the molecule is CN(C)c1ccc(CCCNC(=O)c2ccccc2Sc2ccccc2C#N)cc1. The Hall–Kier alpha value is -3.23. The Morgan fingerprint density at radius 3 is 2.33 bits per heavy atom. The van der Waals surface area contributed by atoms with Crippen LogP contribution >= 0.6 is 11.8 Å². The van der Waals surface area contributed by atoms with Gasteiger partial charge in [0.05, 0.1) is 11.1 Å². The fraction of sp³-hybridized carbons (Fsp3) is 0.200. The Morgan fingerprint density at radius 2 is 1.63 bits per heavy atom. The van der Waals surface area contributed by atoms with Gasteiger partial charge in [0.25, 0.3) is 5.91 Å². The minimum absolute atomic E-state index is 0.0875. The molecule has 0 radical (unpaired) electrons. The molecular weight excluding hydrogens is 390 g/mol. The minimum atomic E-state index is -0.0875. The van der Waals surface area contributed by atoms with Gasteiger partial charge in [-0.2, -0.15) is 5.26 Å². The zero-order valence-corrected chi connectivity index (χ0v) is 18.1. The number of rotatable bonds is 8. The maximum Gasteiger partial charge on any atom is 0.252 e. The summed E-state index contributed by atoms with van der Waals surface area (Å²) in [6, 6.07) is 25.6. The van der Waals surface area contributed by atoms with Gasteiger partial charge in [0.2, 0.25) is 0 Å². The van der Waals surface area contributed by atoms with E-state index in [1.54, 1.807) is 6.07 Å². The molecule has 3 aromatic rings. The number of nitrogens with one attached hydrogen (secondary N) is 1. The Kier molecular flexibility index (Phi) is 7.53. The van der Waals surface area contributed by atoms with Gasteiger partial charge in [-0.05, 0) is 54.8 Å². The zero-order valence-electron chi connectivity index (χ0n) is 17.3. The van der Waals surface area contributed by atoms with Crippen molar-refractivity contribution in [2.24, 2.45) is 0 Å². The Morgan fingerprint density at radius 1 is 0.967 bits per heavy atom. The lowest BCUT2D eigenvalue weighted by Crippen LogP contribution is -2.25. The van der Waals surface area contributed by atoms with E-state index < -0.39 is 0 Å². The number of carbonyl (C=O) groups excluding carboxylic acids is 1. The van der Waals surface area contributed by atoms with Crippen LogP contribution in [0.2, 0.25) is 0 Å². The summed E-state index contributed by atoms with van der Waals surface area (Å²) in [6.45, 7) is 0.613. The van der Waals surface area contributed by atoms with Crippen LogP contribution in [-0.2, 0) is 6.42 Å². The highest BCUT2D eigenvalue weighted by Crippen LogP contribution is 2.32. The largest absolute Gasteiger partial charge is 0.378 e. The highest BCUT2D eigenvalue weighted by atomic mass is 32.2. The quantitative estimate of drug-likeness (QED) is 0.518. The van der Waals surface area contributed by atoms with Crippen molar-refractivity contribution < 1.29 is 4.79 Å². The number of nitriles is 1. The summed E-state index contributed by atoms with van der Waals surface area (Å²) in [5.41, 5.74) is 3.68. The number of aryl methyl sites for hydroxylation is 1.